The van der Waals surface area contributed by atoms with E-state index in [4.69, 9.17) is 4.74 Å². The van der Waals surface area contributed by atoms with Crippen LogP contribution in [0, 0.1) is 0 Å². The molecule has 0 aliphatic carbocycles. The summed E-state index contributed by atoms with van der Waals surface area (Å²) in [4.78, 5) is 13.0. The predicted octanol–water partition coefficient (Wildman–Crippen LogP) is 2.76. The van der Waals surface area contributed by atoms with Gasteiger partial charge in [0.25, 0.3) is 0 Å². The van der Waals surface area contributed by atoms with E-state index >= 15 is 0 Å². The molecule has 0 fully saturated rings. The molecule has 0 radical (unpaired) electrons. The van der Waals surface area contributed by atoms with Gasteiger partial charge < -0.3 is 10.1 Å². The summed E-state index contributed by atoms with van der Waals surface area (Å²) >= 11 is 0. The Labute approximate surface area is 113 Å². The summed E-state index contributed by atoms with van der Waals surface area (Å²) in [6.45, 7) is 4.22. The number of anilines is 1. The summed E-state index contributed by atoms with van der Waals surface area (Å²) in [5.74, 6) is 1.93. The summed E-state index contributed by atoms with van der Waals surface area (Å²) < 4.78 is 5.27. The Morgan fingerprint density at radius 1 is 1.32 bits per heavy atom. The van der Waals surface area contributed by atoms with Crippen molar-refractivity contribution >= 4 is 5.82 Å². The van der Waals surface area contributed by atoms with Gasteiger partial charge in [-0.1, -0.05) is 13.0 Å². The molecule has 2 aromatic heterocycles. The number of hydrogen-bond acceptors (Lipinski definition) is 5. The molecular formula is C14H18N4O. The van der Waals surface area contributed by atoms with E-state index in [1.54, 1.807) is 19.5 Å². The third kappa shape index (κ3) is 3.19. The van der Waals surface area contributed by atoms with Crippen molar-refractivity contribution in [2.24, 2.45) is 0 Å². The average Bonchev–Trinajstić information content (AvgIpc) is 2.48. The third-order valence-electron chi connectivity index (χ3n) is 2.86. The number of hydrogen-bond donors (Lipinski definition) is 1. The standard InChI is InChI=1S/C14H18N4O/c1-4-10(2)17-14-12(19-3)9-16-13(18-14)11-7-5-6-8-15-11/h5-10H,4H2,1-3H3,(H,16,17,18)/t10-/m1/s1. The molecule has 0 unspecified atom stereocenters. The molecule has 5 heteroatoms. The lowest BCUT2D eigenvalue weighted by molar-refractivity contribution is 0.412. The van der Waals surface area contributed by atoms with Crippen LogP contribution in [0.25, 0.3) is 11.5 Å². The zero-order valence-electron chi connectivity index (χ0n) is 11.4. The molecule has 100 valence electrons. The smallest absolute Gasteiger partial charge is 0.180 e. The van der Waals surface area contributed by atoms with Crippen LogP contribution in [-0.2, 0) is 0 Å². The van der Waals surface area contributed by atoms with Gasteiger partial charge in [-0.2, -0.15) is 0 Å². The van der Waals surface area contributed by atoms with Gasteiger partial charge in [0.1, 0.15) is 5.69 Å². The number of aromatic nitrogens is 3. The van der Waals surface area contributed by atoms with Gasteiger partial charge in [0.05, 0.1) is 13.3 Å². The van der Waals surface area contributed by atoms with Crippen molar-refractivity contribution in [2.45, 2.75) is 26.3 Å². The molecule has 0 saturated heterocycles. The number of rotatable bonds is 5. The average molecular weight is 258 g/mol. The maximum Gasteiger partial charge on any atom is 0.180 e. The molecule has 0 saturated carbocycles. The predicted molar refractivity (Wildman–Crippen MR) is 75.2 cm³/mol. The molecule has 0 aromatic carbocycles. The molecule has 0 spiro atoms. The summed E-state index contributed by atoms with van der Waals surface area (Å²) in [5, 5.41) is 3.32. The number of nitrogens with zero attached hydrogens (tertiary/aromatic N) is 3. The van der Waals surface area contributed by atoms with Crippen LogP contribution in [0.4, 0.5) is 5.82 Å². The quantitative estimate of drug-likeness (QED) is 0.893. The van der Waals surface area contributed by atoms with Crippen LogP contribution in [-0.4, -0.2) is 28.1 Å². The zero-order valence-corrected chi connectivity index (χ0v) is 11.4. The molecule has 0 bridgehead atoms. The van der Waals surface area contributed by atoms with E-state index < -0.39 is 0 Å². The van der Waals surface area contributed by atoms with Gasteiger partial charge in [0, 0.05) is 12.2 Å². The van der Waals surface area contributed by atoms with E-state index in [9.17, 15) is 0 Å². The molecular weight excluding hydrogens is 240 g/mol. The van der Waals surface area contributed by atoms with E-state index in [2.05, 4.69) is 34.1 Å². The van der Waals surface area contributed by atoms with Crippen molar-refractivity contribution in [1.29, 1.82) is 0 Å². The van der Waals surface area contributed by atoms with Crippen LogP contribution in [0.2, 0.25) is 0 Å². The first-order valence-electron chi connectivity index (χ1n) is 6.33. The molecule has 1 atom stereocenters. The number of pyridine rings is 1. The summed E-state index contributed by atoms with van der Waals surface area (Å²) in [6, 6.07) is 5.98. The topological polar surface area (TPSA) is 59.9 Å². The summed E-state index contributed by atoms with van der Waals surface area (Å²) in [6.07, 6.45) is 4.40. The Hall–Kier alpha value is -2.17. The van der Waals surface area contributed by atoms with Crippen molar-refractivity contribution < 1.29 is 4.74 Å². The number of nitrogens with one attached hydrogen (secondary N) is 1. The van der Waals surface area contributed by atoms with Gasteiger partial charge >= 0.3 is 0 Å². The summed E-state index contributed by atoms with van der Waals surface area (Å²) in [7, 11) is 1.61. The van der Waals surface area contributed by atoms with Crippen molar-refractivity contribution in [3.05, 3.63) is 30.6 Å². The molecule has 0 aliphatic heterocycles. The molecule has 0 aliphatic rings. The largest absolute Gasteiger partial charge is 0.491 e. The van der Waals surface area contributed by atoms with E-state index in [0.29, 0.717) is 23.4 Å². The monoisotopic (exact) mass is 258 g/mol. The van der Waals surface area contributed by atoms with Crippen LogP contribution in [0.5, 0.6) is 5.75 Å². The van der Waals surface area contributed by atoms with Gasteiger partial charge in [-0.15, -0.1) is 0 Å². The van der Waals surface area contributed by atoms with Crippen LogP contribution >= 0.6 is 0 Å². The van der Waals surface area contributed by atoms with Crippen molar-refractivity contribution in [2.75, 3.05) is 12.4 Å². The van der Waals surface area contributed by atoms with Crippen LogP contribution in [0.15, 0.2) is 30.6 Å². The second-order valence-electron chi connectivity index (χ2n) is 4.28. The van der Waals surface area contributed by atoms with Gasteiger partial charge in [-0.25, -0.2) is 9.97 Å². The van der Waals surface area contributed by atoms with Crippen molar-refractivity contribution in [3.8, 4) is 17.3 Å². The minimum atomic E-state index is 0.320. The van der Waals surface area contributed by atoms with E-state index in [0.717, 1.165) is 12.1 Å². The highest BCUT2D eigenvalue weighted by atomic mass is 16.5. The van der Waals surface area contributed by atoms with Gasteiger partial charge in [0.15, 0.2) is 17.4 Å². The van der Waals surface area contributed by atoms with E-state index in [-0.39, 0.29) is 0 Å². The first kappa shape index (κ1) is 13.3. The Morgan fingerprint density at radius 3 is 2.79 bits per heavy atom. The van der Waals surface area contributed by atoms with Gasteiger partial charge in [-0.3, -0.25) is 4.98 Å². The van der Waals surface area contributed by atoms with Crippen molar-refractivity contribution in [3.63, 3.8) is 0 Å². The Morgan fingerprint density at radius 2 is 2.16 bits per heavy atom. The Bertz CT molecular complexity index is 530. The molecule has 5 nitrogen and oxygen atoms in total. The molecule has 2 aromatic rings. The lowest BCUT2D eigenvalue weighted by atomic mass is 10.2. The van der Waals surface area contributed by atoms with Crippen molar-refractivity contribution in [1.82, 2.24) is 15.0 Å². The SMILES string of the molecule is CC[C@@H](C)Nc1nc(-c2ccccn2)ncc1OC. The zero-order chi connectivity index (χ0) is 13.7. The van der Waals surface area contributed by atoms with Crippen LogP contribution < -0.4 is 10.1 Å². The molecule has 1 N–H and O–H groups in total. The minimum absolute atomic E-state index is 0.320. The van der Waals surface area contributed by atoms with Gasteiger partial charge in [-0.05, 0) is 25.5 Å². The molecule has 2 heterocycles. The molecule has 2 rings (SSSR count). The lowest BCUT2D eigenvalue weighted by Crippen LogP contribution is -2.15. The number of ether oxygens (including phenoxy) is 1. The first-order chi connectivity index (χ1) is 9.24. The Kier molecular flexibility index (Phi) is 4.28. The highest BCUT2D eigenvalue weighted by Crippen LogP contribution is 2.24. The highest BCUT2D eigenvalue weighted by molar-refractivity contribution is 5.57. The fourth-order valence-corrected chi connectivity index (χ4v) is 1.58. The number of methoxy groups -OCH3 is 1. The minimum Gasteiger partial charge on any atom is -0.491 e. The fourth-order valence-electron chi connectivity index (χ4n) is 1.58. The van der Waals surface area contributed by atoms with E-state index in [1.165, 1.54) is 0 Å². The second-order valence-corrected chi connectivity index (χ2v) is 4.28. The fraction of sp³-hybridized carbons (Fsp3) is 0.357. The first-order valence-corrected chi connectivity index (χ1v) is 6.33. The lowest BCUT2D eigenvalue weighted by Gasteiger charge is -2.15. The maximum atomic E-state index is 5.27. The normalized spacial score (nSPS) is 11.9. The third-order valence-corrected chi connectivity index (χ3v) is 2.86. The highest BCUT2D eigenvalue weighted by Gasteiger charge is 2.11. The maximum absolute atomic E-state index is 5.27. The van der Waals surface area contributed by atoms with Gasteiger partial charge in [0.2, 0.25) is 0 Å². The molecule has 0 amide bonds. The van der Waals surface area contributed by atoms with E-state index in [1.807, 2.05) is 18.2 Å². The Balaban J connectivity index is 2.35. The van der Waals surface area contributed by atoms with Crippen LogP contribution in [0.1, 0.15) is 20.3 Å². The summed E-state index contributed by atoms with van der Waals surface area (Å²) in [5.41, 5.74) is 0.748. The second kappa shape index (κ2) is 6.13. The van der Waals surface area contributed by atoms with Crippen LogP contribution in [0.3, 0.4) is 0 Å². The molecule has 19 heavy (non-hydrogen) atoms.